The highest BCUT2D eigenvalue weighted by Gasteiger charge is 2.21. The van der Waals surface area contributed by atoms with Crippen LogP contribution < -0.4 is 11.1 Å². The van der Waals surface area contributed by atoms with Crippen LogP contribution >= 0.6 is 0 Å². The fourth-order valence-electron chi connectivity index (χ4n) is 0.739. The molecule has 14 heavy (non-hydrogen) atoms. The number of aliphatic carboxylic acids is 1. The van der Waals surface area contributed by atoms with Crippen LogP contribution in [0.1, 0.15) is 12.8 Å². The Hall–Kier alpha value is -2.03. The Kier molecular flexibility index (Phi) is 4.78. The molecule has 0 saturated heterocycles. The zero-order valence-electron chi connectivity index (χ0n) is 7.32. The summed E-state index contributed by atoms with van der Waals surface area (Å²) in [6.45, 7) is 0. The Morgan fingerprint density at radius 2 is 2.07 bits per heavy atom. The SMILES string of the molecule is C#CCC(=O)NC(CC(N)=O)C(=O)O. The maximum Gasteiger partial charge on any atom is 0.326 e. The van der Waals surface area contributed by atoms with E-state index in [1.807, 2.05) is 5.92 Å². The van der Waals surface area contributed by atoms with E-state index >= 15 is 0 Å². The molecule has 0 aliphatic rings. The second-order valence-corrected chi connectivity index (χ2v) is 2.51. The molecule has 0 rings (SSSR count). The van der Waals surface area contributed by atoms with Gasteiger partial charge < -0.3 is 16.2 Å². The standard InChI is InChI=1S/C8H10N2O4/c1-2-3-7(12)10-5(8(13)14)4-6(9)11/h1,5H,3-4H2,(H2,9,11)(H,10,12)(H,13,14). The minimum absolute atomic E-state index is 0.234. The smallest absolute Gasteiger partial charge is 0.326 e. The molecule has 0 bridgehead atoms. The molecule has 0 saturated carbocycles. The third-order valence-corrected chi connectivity index (χ3v) is 1.30. The minimum Gasteiger partial charge on any atom is -0.480 e. The zero-order chi connectivity index (χ0) is 11.1. The molecule has 0 radical (unpaired) electrons. The van der Waals surface area contributed by atoms with E-state index in [4.69, 9.17) is 17.3 Å². The van der Waals surface area contributed by atoms with Gasteiger partial charge in [-0.1, -0.05) is 5.92 Å². The molecule has 76 valence electrons. The predicted molar refractivity (Wildman–Crippen MR) is 46.8 cm³/mol. The number of carboxylic acid groups (broad SMARTS) is 1. The van der Waals surface area contributed by atoms with E-state index in [2.05, 4.69) is 5.32 Å². The number of nitrogens with two attached hydrogens (primary N) is 1. The van der Waals surface area contributed by atoms with Crippen molar-refractivity contribution in [3.8, 4) is 12.3 Å². The first kappa shape index (κ1) is 12.0. The summed E-state index contributed by atoms with van der Waals surface area (Å²) < 4.78 is 0. The highest BCUT2D eigenvalue weighted by atomic mass is 16.4. The number of terminal acetylenes is 1. The second kappa shape index (κ2) is 5.59. The molecule has 6 nitrogen and oxygen atoms in total. The Labute approximate surface area is 80.5 Å². The quantitative estimate of drug-likeness (QED) is 0.465. The monoisotopic (exact) mass is 198 g/mol. The van der Waals surface area contributed by atoms with Crippen LogP contribution in [0.2, 0.25) is 0 Å². The Balaban J connectivity index is 4.24. The molecule has 6 heteroatoms. The van der Waals surface area contributed by atoms with Crippen molar-refractivity contribution in [3.05, 3.63) is 0 Å². The van der Waals surface area contributed by atoms with Crippen molar-refractivity contribution >= 4 is 17.8 Å². The van der Waals surface area contributed by atoms with Crippen LogP contribution in [0, 0.1) is 12.3 Å². The fourth-order valence-corrected chi connectivity index (χ4v) is 0.739. The summed E-state index contributed by atoms with van der Waals surface area (Å²) in [5.74, 6) is -0.712. The van der Waals surface area contributed by atoms with E-state index in [0.29, 0.717) is 0 Å². The number of hydrogen-bond donors (Lipinski definition) is 3. The van der Waals surface area contributed by atoms with Gasteiger partial charge in [0, 0.05) is 0 Å². The molecule has 1 atom stereocenters. The average molecular weight is 198 g/mol. The van der Waals surface area contributed by atoms with E-state index in [1.165, 1.54) is 0 Å². The van der Waals surface area contributed by atoms with Crippen molar-refractivity contribution < 1.29 is 19.5 Å². The summed E-state index contributed by atoms with van der Waals surface area (Å²) in [6.07, 6.45) is 4.15. The van der Waals surface area contributed by atoms with Gasteiger partial charge in [-0.2, -0.15) is 0 Å². The molecule has 0 aromatic carbocycles. The number of carboxylic acids is 1. The Bertz CT molecular complexity index is 292. The summed E-state index contributed by atoms with van der Waals surface area (Å²) in [6, 6.07) is -1.31. The summed E-state index contributed by atoms with van der Waals surface area (Å²) in [5.41, 5.74) is 4.79. The molecule has 2 amide bonds. The van der Waals surface area contributed by atoms with E-state index in [1.54, 1.807) is 0 Å². The molecule has 0 aromatic heterocycles. The predicted octanol–water partition coefficient (Wildman–Crippen LogP) is -1.55. The molecule has 1 unspecified atom stereocenters. The van der Waals surface area contributed by atoms with Crippen LogP contribution in [0.3, 0.4) is 0 Å². The van der Waals surface area contributed by atoms with Crippen LogP contribution in [0.15, 0.2) is 0 Å². The number of primary amides is 1. The molecule has 0 aliphatic carbocycles. The third-order valence-electron chi connectivity index (χ3n) is 1.30. The molecule has 0 fully saturated rings. The van der Waals surface area contributed by atoms with Crippen molar-refractivity contribution in [1.82, 2.24) is 5.32 Å². The lowest BCUT2D eigenvalue weighted by Gasteiger charge is -2.11. The first-order valence-electron chi connectivity index (χ1n) is 3.71. The highest BCUT2D eigenvalue weighted by molar-refractivity contribution is 5.88. The maximum absolute atomic E-state index is 10.9. The summed E-state index contributed by atoms with van der Waals surface area (Å²) in [4.78, 5) is 31.8. The molecular weight excluding hydrogens is 188 g/mol. The van der Waals surface area contributed by atoms with Gasteiger partial charge in [0.05, 0.1) is 12.8 Å². The van der Waals surface area contributed by atoms with Gasteiger partial charge in [0.25, 0.3) is 0 Å². The van der Waals surface area contributed by atoms with Crippen molar-refractivity contribution in [1.29, 1.82) is 0 Å². The first-order chi connectivity index (χ1) is 6.47. The van der Waals surface area contributed by atoms with Crippen LogP contribution in [0.4, 0.5) is 0 Å². The van der Waals surface area contributed by atoms with E-state index in [0.717, 1.165) is 0 Å². The number of amides is 2. The molecule has 4 N–H and O–H groups in total. The third kappa shape index (κ3) is 4.77. The zero-order valence-corrected chi connectivity index (χ0v) is 7.32. The van der Waals surface area contributed by atoms with Crippen molar-refractivity contribution in [2.75, 3.05) is 0 Å². The van der Waals surface area contributed by atoms with Crippen molar-refractivity contribution in [3.63, 3.8) is 0 Å². The van der Waals surface area contributed by atoms with Gasteiger partial charge in [-0.15, -0.1) is 6.42 Å². The number of carbonyl (C=O) groups excluding carboxylic acids is 2. The topological polar surface area (TPSA) is 109 Å². The Morgan fingerprint density at radius 1 is 1.50 bits per heavy atom. The average Bonchev–Trinajstić information content (AvgIpc) is 2.02. The molecule has 0 spiro atoms. The van der Waals surface area contributed by atoms with Gasteiger partial charge in [0.1, 0.15) is 6.04 Å². The Morgan fingerprint density at radius 3 is 2.43 bits per heavy atom. The number of rotatable bonds is 5. The molecule has 0 heterocycles. The largest absolute Gasteiger partial charge is 0.480 e. The summed E-state index contributed by atoms with van der Waals surface area (Å²) >= 11 is 0. The highest BCUT2D eigenvalue weighted by Crippen LogP contribution is 1.92. The molecule has 0 aromatic rings. The van der Waals surface area contributed by atoms with Gasteiger partial charge in [-0.05, 0) is 0 Å². The van der Waals surface area contributed by atoms with Gasteiger partial charge in [-0.25, -0.2) is 4.79 Å². The lowest BCUT2D eigenvalue weighted by atomic mass is 10.2. The van der Waals surface area contributed by atoms with Gasteiger partial charge in [0.2, 0.25) is 11.8 Å². The van der Waals surface area contributed by atoms with Crippen LogP contribution in [-0.2, 0) is 14.4 Å². The van der Waals surface area contributed by atoms with E-state index in [-0.39, 0.29) is 6.42 Å². The van der Waals surface area contributed by atoms with E-state index in [9.17, 15) is 14.4 Å². The maximum atomic E-state index is 10.9. The fraction of sp³-hybridized carbons (Fsp3) is 0.375. The summed E-state index contributed by atoms with van der Waals surface area (Å²) in [7, 11) is 0. The van der Waals surface area contributed by atoms with Crippen LogP contribution in [0.25, 0.3) is 0 Å². The second-order valence-electron chi connectivity index (χ2n) is 2.51. The minimum atomic E-state index is -1.32. The summed E-state index contributed by atoms with van der Waals surface area (Å²) in [5, 5.41) is 10.6. The van der Waals surface area contributed by atoms with Gasteiger partial charge in [-0.3, -0.25) is 9.59 Å². The van der Waals surface area contributed by atoms with Crippen molar-refractivity contribution in [2.45, 2.75) is 18.9 Å². The van der Waals surface area contributed by atoms with Gasteiger partial charge in [0.15, 0.2) is 0 Å². The normalized spacial score (nSPS) is 11.1. The van der Waals surface area contributed by atoms with Crippen molar-refractivity contribution in [2.24, 2.45) is 5.73 Å². The first-order valence-corrected chi connectivity index (χ1v) is 3.71. The van der Waals surface area contributed by atoms with Gasteiger partial charge >= 0.3 is 5.97 Å². The number of nitrogens with one attached hydrogen (secondary N) is 1. The molecular formula is C8H10N2O4. The van der Waals surface area contributed by atoms with Crippen LogP contribution in [0.5, 0.6) is 0 Å². The molecule has 0 aliphatic heterocycles. The lowest BCUT2D eigenvalue weighted by molar-refractivity contribution is -0.143. The number of hydrogen-bond acceptors (Lipinski definition) is 3. The van der Waals surface area contributed by atoms with Crippen LogP contribution in [-0.4, -0.2) is 28.9 Å². The lowest BCUT2D eigenvalue weighted by Crippen LogP contribution is -2.43. The number of carbonyl (C=O) groups is 3. The van der Waals surface area contributed by atoms with E-state index < -0.39 is 30.2 Å².